The summed E-state index contributed by atoms with van der Waals surface area (Å²) in [7, 11) is -2.39. The van der Waals surface area contributed by atoms with E-state index >= 15 is 0 Å². The van der Waals surface area contributed by atoms with Crippen molar-refractivity contribution in [2.75, 3.05) is 11.9 Å². The molecule has 1 amide bonds. The largest absolute Gasteiger partial charge is 0.384 e. The third kappa shape index (κ3) is 3.14. The lowest BCUT2D eigenvalue weighted by atomic mass is 10.0. The van der Waals surface area contributed by atoms with Crippen LogP contribution in [0.15, 0.2) is 47.4 Å². The highest BCUT2D eigenvalue weighted by atomic mass is 32.2. The number of carbonyl (C=O) groups excluding carboxylic acids is 1. The van der Waals surface area contributed by atoms with Gasteiger partial charge in [0.2, 0.25) is 0 Å². The molecule has 10 heteroatoms. The van der Waals surface area contributed by atoms with Crippen LogP contribution in [0.25, 0.3) is 11.4 Å². The molecule has 1 aliphatic rings. The van der Waals surface area contributed by atoms with E-state index in [0.717, 1.165) is 17.8 Å². The fraction of sp³-hybridized carbons (Fsp3) is 0.176. The number of hydrogen-bond acceptors (Lipinski definition) is 7. The minimum absolute atomic E-state index is 0.0398. The minimum atomic E-state index is -4.05. The van der Waals surface area contributed by atoms with Crippen molar-refractivity contribution in [1.82, 2.24) is 24.9 Å². The molecule has 138 valence electrons. The standard InChI is InChI=1S/C17H16N6O3S/c1-23-16(19-21-22-23)11-4-2-5-12(10-11)27(25,26)20-17(24)14-6-3-7-15-13(14)8-9-18-15/h2-7,10,18H,8-9H2,1H3,(H,20,24). The monoisotopic (exact) mass is 384 g/mol. The molecule has 2 heterocycles. The quantitative estimate of drug-likeness (QED) is 0.688. The van der Waals surface area contributed by atoms with Gasteiger partial charge in [-0.2, -0.15) is 0 Å². The number of aryl methyl sites for hydroxylation is 1. The van der Waals surface area contributed by atoms with Gasteiger partial charge >= 0.3 is 0 Å². The lowest BCUT2D eigenvalue weighted by Crippen LogP contribution is -2.31. The summed E-state index contributed by atoms with van der Waals surface area (Å²) in [6, 6.07) is 11.3. The van der Waals surface area contributed by atoms with Crippen LogP contribution in [0.3, 0.4) is 0 Å². The van der Waals surface area contributed by atoms with Crippen LogP contribution in [0.5, 0.6) is 0 Å². The zero-order valence-corrected chi connectivity index (χ0v) is 15.2. The van der Waals surface area contributed by atoms with Crippen LogP contribution < -0.4 is 10.0 Å². The number of tetrazole rings is 1. The molecule has 2 aromatic carbocycles. The summed E-state index contributed by atoms with van der Waals surface area (Å²) in [5.41, 5.74) is 2.57. The van der Waals surface area contributed by atoms with Crippen molar-refractivity contribution in [3.8, 4) is 11.4 Å². The van der Waals surface area contributed by atoms with Gasteiger partial charge in [0.05, 0.1) is 4.90 Å². The molecule has 0 spiro atoms. The van der Waals surface area contributed by atoms with Gasteiger partial charge < -0.3 is 5.32 Å². The van der Waals surface area contributed by atoms with Gasteiger partial charge in [-0.15, -0.1) is 5.10 Å². The molecule has 0 bridgehead atoms. The number of benzene rings is 2. The zero-order chi connectivity index (χ0) is 19.0. The van der Waals surface area contributed by atoms with E-state index in [2.05, 4.69) is 25.6 Å². The number of nitrogens with zero attached hydrogens (tertiary/aromatic N) is 4. The molecule has 0 radical (unpaired) electrons. The molecular weight excluding hydrogens is 368 g/mol. The van der Waals surface area contributed by atoms with Crippen LogP contribution in [0.4, 0.5) is 5.69 Å². The van der Waals surface area contributed by atoms with Crippen LogP contribution in [-0.4, -0.2) is 41.1 Å². The number of rotatable bonds is 4. The molecule has 1 aliphatic heterocycles. The highest BCUT2D eigenvalue weighted by molar-refractivity contribution is 7.90. The number of sulfonamides is 1. The molecular formula is C17H16N6O3S. The van der Waals surface area contributed by atoms with Gasteiger partial charge in [-0.1, -0.05) is 18.2 Å². The zero-order valence-electron chi connectivity index (χ0n) is 14.4. The fourth-order valence-corrected chi connectivity index (χ4v) is 4.08. The maximum Gasteiger partial charge on any atom is 0.265 e. The summed E-state index contributed by atoms with van der Waals surface area (Å²) in [6.45, 7) is 0.722. The molecule has 2 N–H and O–H groups in total. The third-order valence-electron chi connectivity index (χ3n) is 4.36. The summed E-state index contributed by atoms with van der Waals surface area (Å²) < 4.78 is 29.0. The number of carbonyl (C=O) groups is 1. The van der Waals surface area contributed by atoms with Crippen LogP contribution >= 0.6 is 0 Å². The van der Waals surface area contributed by atoms with Crippen molar-refractivity contribution in [2.24, 2.45) is 7.05 Å². The van der Waals surface area contributed by atoms with Crippen LogP contribution in [0.1, 0.15) is 15.9 Å². The van der Waals surface area contributed by atoms with Gasteiger partial charge in [0.1, 0.15) is 0 Å². The molecule has 4 rings (SSSR count). The van der Waals surface area contributed by atoms with Gasteiger partial charge in [-0.05, 0) is 46.7 Å². The highest BCUT2D eigenvalue weighted by Gasteiger charge is 2.24. The van der Waals surface area contributed by atoms with E-state index in [9.17, 15) is 13.2 Å². The van der Waals surface area contributed by atoms with Crippen molar-refractivity contribution in [3.05, 3.63) is 53.6 Å². The molecule has 3 aromatic rings. The molecule has 0 unspecified atom stereocenters. The Morgan fingerprint density at radius 3 is 2.81 bits per heavy atom. The Morgan fingerprint density at radius 1 is 1.22 bits per heavy atom. The van der Waals surface area contributed by atoms with Crippen molar-refractivity contribution in [2.45, 2.75) is 11.3 Å². The normalized spacial score (nSPS) is 13.1. The number of nitrogens with one attached hydrogen (secondary N) is 2. The van der Waals surface area contributed by atoms with Gasteiger partial charge in [0.25, 0.3) is 15.9 Å². The van der Waals surface area contributed by atoms with Gasteiger partial charge in [0.15, 0.2) is 5.82 Å². The summed E-state index contributed by atoms with van der Waals surface area (Å²) in [5, 5.41) is 14.3. The number of anilines is 1. The lowest BCUT2D eigenvalue weighted by Gasteiger charge is -2.10. The summed E-state index contributed by atoms with van der Waals surface area (Å²) >= 11 is 0. The summed E-state index contributed by atoms with van der Waals surface area (Å²) in [5.74, 6) is -0.230. The molecule has 0 saturated heterocycles. The van der Waals surface area contributed by atoms with E-state index in [-0.39, 0.29) is 4.90 Å². The summed E-state index contributed by atoms with van der Waals surface area (Å²) in [4.78, 5) is 12.6. The highest BCUT2D eigenvalue weighted by Crippen LogP contribution is 2.26. The van der Waals surface area contributed by atoms with E-state index in [1.165, 1.54) is 16.8 Å². The van der Waals surface area contributed by atoms with E-state index in [4.69, 9.17) is 0 Å². The predicted molar refractivity (Wildman–Crippen MR) is 97.5 cm³/mol. The smallest absolute Gasteiger partial charge is 0.265 e. The molecule has 0 atom stereocenters. The third-order valence-corrected chi connectivity index (χ3v) is 5.69. The SMILES string of the molecule is Cn1nnnc1-c1cccc(S(=O)(=O)NC(=O)c2cccc3c2CCN3)c1. The second kappa shape index (κ2) is 6.47. The first-order valence-corrected chi connectivity index (χ1v) is 9.70. The van der Waals surface area contributed by atoms with Crippen molar-refractivity contribution in [1.29, 1.82) is 0 Å². The Kier molecular flexibility index (Phi) is 4.11. The fourth-order valence-electron chi connectivity index (χ4n) is 3.07. The average molecular weight is 384 g/mol. The van der Waals surface area contributed by atoms with Gasteiger partial charge in [0, 0.05) is 30.4 Å². The first-order chi connectivity index (χ1) is 13.0. The molecule has 9 nitrogen and oxygen atoms in total. The Labute approximate surface area is 155 Å². The second-order valence-corrected chi connectivity index (χ2v) is 7.78. The Hall–Kier alpha value is -3.27. The van der Waals surface area contributed by atoms with Crippen molar-refractivity contribution in [3.63, 3.8) is 0 Å². The molecule has 0 aliphatic carbocycles. The average Bonchev–Trinajstić information content (AvgIpc) is 3.29. The van der Waals surface area contributed by atoms with Crippen molar-refractivity contribution < 1.29 is 13.2 Å². The van der Waals surface area contributed by atoms with Crippen LogP contribution in [0.2, 0.25) is 0 Å². The second-order valence-electron chi connectivity index (χ2n) is 6.10. The molecule has 0 saturated carbocycles. The number of hydrogen-bond donors (Lipinski definition) is 2. The molecule has 1 aromatic heterocycles. The number of amides is 1. The van der Waals surface area contributed by atoms with Gasteiger partial charge in [-0.3, -0.25) is 4.79 Å². The molecule has 27 heavy (non-hydrogen) atoms. The van der Waals surface area contributed by atoms with Crippen LogP contribution in [0, 0.1) is 0 Å². The number of fused-ring (bicyclic) bond motifs is 1. The Morgan fingerprint density at radius 2 is 2.04 bits per heavy atom. The molecule has 0 fully saturated rings. The summed E-state index contributed by atoms with van der Waals surface area (Å²) in [6.07, 6.45) is 0.674. The predicted octanol–water partition coefficient (Wildman–Crippen LogP) is 0.964. The van der Waals surface area contributed by atoms with E-state index in [1.807, 2.05) is 6.07 Å². The Bertz CT molecular complexity index is 1140. The lowest BCUT2D eigenvalue weighted by molar-refractivity contribution is 0.0980. The minimum Gasteiger partial charge on any atom is -0.384 e. The van der Waals surface area contributed by atoms with Crippen molar-refractivity contribution >= 4 is 21.6 Å². The topological polar surface area (TPSA) is 119 Å². The van der Waals surface area contributed by atoms with E-state index in [0.29, 0.717) is 23.4 Å². The maximum atomic E-state index is 12.7. The van der Waals surface area contributed by atoms with E-state index in [1.54, 1.807) is 31.3 Å². The first-order valence-electron chi connectivity index (χ1n) is 8.21. The maximum absolute atomic E-state index is 12.7. The van der Waals surface area contributed by atoms with E-state index < -0.39 is 15.9 Å². The number of aromatic nitrogens is 4. The van der Waals surface area contributed by atoms with Gasteiger partial charge in [-0.25, -0.2) is 17.8 Å². The van der Waals surface area contributed by atoms with Crippen LogP contribution in [-0.2, 0) is 23.5 Å². The first kappa shape index (κ1) is 17.2. The Balaban J connectivity index is 1.64.